The van der Waals surface area contributed by atoms with Gasteiger partial charge in [-0.3, -0.25) is 10.00 Å². The van der Waals surface area contributed by atoms with Crippen LogP contribution in [0.1, 0.15) is 19.1 Å². The van der Waals surface area contributed by atoms with Crippen molar-refractivity contribution >= 4 is 21.8 Å². The van der Waals surface area contributed by atoms with Crippen LogP contribution in [0.15, 0.2) is 59.4 Å². The van der Waals surface area contributed by atoms with Crippen LogP contribution in [0.4, 0.5) is 0 Å². The minimum absolute atomic E-state index is 0.643. The van der Waals surface area contributed by atoms with E-state index in [4.69, 9.17) is 4.42 Å². The van der Waals surface area contributed by atoms with E-state index >= 15 is 0 Å². The molecular formula is C26H28N6O. The maximum Gasteiger partial charge on any atom is 0.227 e. The van der Waals surface area contributed by atoms with Crippen molar-refractivity contribution < 1.29 is 4.42 Å². The maximum absolute atomic E-state index is 6.27. The molecule has 0 atom stereocenters. The molecule has 0 spiro atoms. The van der Waals surface area contributed by atoms with E-state index in [1.807, 2.05) is 18.6 Å². The normalized spacial score (nSPS) is 15.7. The molecule has 7 heteroatoms. The minimum Gasteiger partial charge on any atom is -0.440 e. The summed E-state index contributed by atoms with van der Waals surface area (Å²) in [5.74, 6) is 1.55. The Kier molecular flexibility index (Phi) is 5.20. The van der Waals surface area contributed by atoms with Crippen molar-refractivity contribution in [1.29, 1.82) is 0 Å². The molecule has 2 aromatic carbocycles. The van der Waals surface area contributed by atoms with Gasteiger partial charge in [-0.1, -0.05) is 19.1 Å². The molecule has 2 N–H and O–H groups in total. The third-order valence-corrected chi connectivity index (χ3v) is 6.63. The van der Waals surface area contributed by atoms with E-state index in [1.165, 1.54) is 23.9 Å². The van der Waals surface area contributed by atoms with Gasteiger partial charge in [0.25, 0.3) is 0 Å². The lowest BCUT2D eigenvalue weighted by atomic mass is 9.98. The molecule has 33 heavy (non-hydrogen) atoms. The Morgan fingerprint density at radius 2 is 1.82 bits per heavy atom. The molecule has 0 bridgehead atoms. The second-order valence-corrected chi connectivity index (χ2v) is 8.85. The number of oxazole rings is 1. The summed E-state index contributed by atoms with van der Waals surface area (Å²) in [6, 6.07) is 12.7. The summed E-state index contributed by atoms with van der Waals surface area (Å²) >= 11 is 0. The van der Waals surface area contributed by atoms with Crippen molar-refractivity contribution in [2.75, 3.05) is 32.7 Å². The molecule has 168 valence electrons. The quantitative estimate of drug-likeness (QED) is 0.393. The zero-order chi connectivity index (χ0) is 22.2. The molecule has 3 aromatic heterocycles. The van der Waals surface area contributed by atoms with Gasteiger partial charge in [0.15, 0.2) is 0 Å². The maximum atomic E-state index is 6.27. The van der Waals surface area contributed by atoms with Gasteiger partial charge in [0.05, 0.1) is 24.5 Å². The average molecular weight is 441 g/mol. The highest BCUT2D eigenvalue weighted by Gasteiger charge is 2.19. The number of H-pyrrole nitrogens is 2. The van der Waals surface area contributed by atoms with Crippen molar-refractivity contribution in [3.8, 4) is 22.6 Å². The van der Waals surface area contributed by atoms with Gasteiger partial charge in [-0.2, -0.15) is 5.10 Å². The standard InChI is InChI=1S/C26H28N6O/c1-2-8-31-9-11-32(12-10-31)17-19-15-28-26(33-19)22-13-18(14-25-23(22)16-29-30-25)20-4-3-5-24-21(20)6-7-27-24/h3-7,13-16,27H,2,8-12,17H2,1H3,(H,29,30). The molecule has 5 aromatic rings. The number of aromatic nitrogens is 4. The summed E-state index contributed by atoms with van der Waals surface area (Å²) in [7, 11) is 0. The van der Waals surface area contributed by atoms with Crippen LogP contribution in [0.3, 0.4) is 0 Å². The highest BCUT2D eigenvalue weighted by atomic mass is 16.4. The first-order chi connectivity index (χ1) is 16.3. The highest BCUT2D eigenvalue weighted by molar-refractivity contribution is 6.01. The number of nitrogens with one attached hydrogen (secondary N) is 2. The molecule has 1 saturated heterocycles. The van der Waals surface area contributed by atoms with E-state index in [2.05, 4.69) is 73.3 Å². The van der Waals surface area contributed by atoms with Crippen LogP contribution in [-0.2, 0) is 6.54 Å². The molecule has 4 heterocycles. The van der Waals surface area contributed by atoms with Crippen LogP contribution < -0.4 is 0 Å². The largest absolute Gasteiger partial charge is 0.440 e. The van der Waals surface area contributed by atoms with Crippen molar-refractivity contribution in [1.82, 2.24) is 30.0 Å². The Morgan fingerprint density at radius 3 is 2.70 bits per heavy atom. The lowest BCUT2D eigenvalue weighted by Crippen LogP contribution is -2.45. The Morgan fingerprint density at radius 1 is 0.939 bits per heavy atom. The van der Waals surface area contributed by atoms with Crippen molar-refractivity contribution in [2.24, 2.45) is 0 Å². The first-order valence-electron chi connectivity index (χ1n) is 11.7. The number of rotatable bonds is 6. The monoisotopic (exact) mass is 440 g/mol. The third kappa shape index (κ3) is 3.83. The molecular weight excluding hydrogens is 412 g/mol. The van der Waals surface area contributed by atoms with Crippen LogP contribution in [-0.4, -0.2) is 62.7 Å². The van der Waals surface area contributed by atoms with E-state index in [0.29, 0.717) is 5.89 Å². The lowest BCUT2D eigenvalue weighted by Gasteiger charge is -2.33. The van der Waals surface area contributed by atoms with Crippen LogP contribution in [0.2, 0.25) is 0 Å². The number of piperazine rings is 1. The fourth-order valence-electron chi connectivity index (χ4n) is 4.93. The Labute approximate surface area is 192 Å². The Balaban J connectivity index is 1.31. The van der Waals surface area contributed by atoms with Gasteiger partial charge in [0.1, 0.15) is 5.76 Å². The van der Waals surface area contributed by atoms with Gasteiger partial charge in [-0.25, -0.2) is 4.98 Å². The smallest absolute Gasteiger partial charge is 0.227 e. The molecule has 1 aliphatic rings. The van der Waals surface area contributed by atoms with Crippen molar-refractivity contribution in [3.05, 3.63) is 60.7 Å². The summed E-state index contributed by atoms with van der Waals surface area (Å²) in [5, 5.41) is 9.62. The van der Waals surface area contributed by atoms with Crippen molar-refractivity contribution in [3.63, 3.8) is 0 Å². The van der Waals surface area contributed by atoms with Crippen LogP contribution in [0, 0.1) is 0 Å². The Hall–Kier alpha value is -3.42. The zero-order valence-corrected chi connectivity index (χ0v) is 18.8. The van der Waals surface area contributed by atoms with Gasteiger partial charge in [0, 0.05) is 54.2 Å². The molecule has 1 fully saturated rings. The van der Waals surface area contributed by atoms with E-state index in [-0.39, 0.29) is 0 Å². The summed E-state index contributed by atoms with van der Waals surface area (Å²) in [6.07, 6.45) is 6.92. The number of hydrogen-bond acceptors (Lipinski definition) is 5. The lowest BCUT2D eigenvalue weighted by molar-refractivity contribution is 0.121. The first-order valence-corrected chi connectivity index (χ1v) is 11.7. The predicted molar refractivity (Wildman–Crippen MR) is 131 cm³/mol. The van der Waals surface area contributed by atoms with Crippen LogP contribution in [0.5, 0.6) is 0 Å². The SMILES string of the molecule is CCCN1CCN(Cc2cnc(-c3cc(-c4cccc5[nH]ccc45)cc4[nH]ncc34)o2)CC1. The third-order valence-electron chi connectivity index (χ3n) is 6.63. The predicted octanol–water partition coefficient (Wildman–Crippen LogP) is 4.89. The van der Waals surface area contributed by atoms with Crippen molar-refractivity contribution in [2.45, 2.75) is 19.9 Å². The fourth-order valence-corrected chi connectivity index (χ4v) is 4.93. The highest BCUT2D eigenvalue weighted by Crippen LogP contribution is 2.35. The molecule has 0 amide bonds. The number of fused-ring (bicyclic) bond motifs is 2. The minimum atomic E-state index is 0.643. The molecule has 7 nitrogen and oxygen atoms in total. The fraction of sp³-hybridized carbons (Fsp3) is 0.308. The second-order valence-electron chi connectivity index (χ2n) is 8.85. The molecule has 0 unspecified atom stereocenters. The Bertz CT molecular complexity index is 1390. The van der Waals surface area contributed by atoms with Crippen LogP contribution >= 0.6 is 0 Å². The van der Waals surface area contributed by atoms with Gasteiger partial charge in [-0.05, 0) is 48.4 Å². The van der Waals surface area contributed by atoms with E-state index in [9.17, 15) is 0 Å². The first kappa shape index (κ1) is 20.2. The molecule has 1 aliphatic heterocycles. The second kappa shape index (κ2) is 8.50. The van der Waals surface area contributed by atoms with Gasteiger partial charge in [0.2, 0.25) is 5.89 Å². The van der Waals surface area contributed by atoms with Gasteiger partial charge >= 0.3 is 0 Å². The van der Waals surface area contributed by atoms with Gasteiger partial charge < -0.3 is 14.3 Å². The van der Waals surface area contributed by atoms with E-state index < -0.39 is 0 Å². The number of aromatic amines is 2. The summed E-state index contributed by atoms with van der Waals surface area (Å²) < 4.78 is 6.27. The van der Waals surface area contributed by atoms with Gasteiger partial charge in [-0.15, -0.1) is 0 Å². The molecule has 0 radical (unpaired) electrons. The summed E-state index contributed by atoms with van der Waals surface area (Å²) in [6.45, 7) is 8.61. The number of nitrogens with zero attached hydrogens (tertiary/aromatic N) is 4. The molecule has 0 saturated carbocycles. The molecule has 6 rings (SSSR count). The summed E-state index contributed by atoms with van der Waals surface area (Å²) in [4.78, 5) is 13.0. The van der Waals surface area contributed by atoms with E-state index in [0.717, 1.165) is 66.0 Å². The summed E-state index contributed by atoms with van der Waals surface area (Å²) in [5.41, 5.74) is 5.34. The van der Waals surface area contributed by atoms with E-state index in [1.54, 1.807) is 0 Å². The average Bonchev–Trinajstić information content (AvgIpc) is 3.60. The number of hydrogen-bond donors (Lipinski definition) is 2. The van der Waals surface area contributed by atoms with Crippen LogP contribution in [0.25, 0.3) is 44.4 Å². The molecule has 0 aliphatic carbocycles. The number of benzene rings is 2. The topological polar surface area (TPSA) is 77.0 Å². The zero-order valence-electron chi connectivity index (χ0n) is 18.8.